The molecule has 0 fully saturated rings. The van der Waals surface area contributed by atoms with Crippen LogP contribution in [0.1, 0.15) is 5.56 Å². The van der Waals surface area contributed by atoms with E-state index in [4.69, 9.17) is 16.8 Å². The highest BCUT2D eigenvalue weighted by Gasteiger charge is 2.20. The molecule has 0 bridgehead atoms. The van der Waals surface area contributed by atoms with Crippen molar-refractivity contribution >= 4 is 29.6 Å². The van der Waals surface area contributed by atoms with Crippen LogP contribution in [-0.4, -0.2) is 13.3 Å². The van der Waals surface area contributed by atoms with Crippen LogP contribution in [0, 0.1) is 0 Å². The van der Waals surface area contributed by atoms with Gasteiger partial charge in [-0.2, -0.15) is 11.1 Å². The minimum Gasteiger partial charge on any atom is -0.369 e. The van der Waals surface area contributed by atoms with Gasteiger partial charge in [-0.1, -0.05) is 37.4 Å². The molecule has 76 valence electrons. The second kappa shape index (κ2) is 4.15. The second-order valence-electron chi connectivity index (χ2n) is 3.82. The van der Waals surface area contributed by atoms with Crippen molar-refractivity contribution in [2.75, 3.05) is 0 Å². The highest BCUT2D eigenvalue weighted by atomic mass is 35.6. The molecule has 0 saturated heterocycles. The van der Waals surface area contributed by atoms with Crippen molar-refractivity contribution in [3.8, 4) is 0 Å². The lowest BCUT2D eigenvalue weighted by Crippen LogP contribution is -2.35. The summed E-state index contributed by atoms with van der Waals surface area (Å²) in [6.45, 7) is 4.11. The third-order valence-corrected chi connectivity index (χ3v) is 4.33. The fourth-order valence-electron chi connectivity index (χ4n) is 1.25. The molecule has 0 aromatic heterocycles. The topological polar surface area (TPSA) is 43.1 Å². The summed E-state index contributed by atoms with van der Waals surface area (Å²) in [4.78, 5) is 10.7. The van der Waals surface area contributed by atoms with Crippen molar-refractivity contribution in [2.24, 2.45) is 5.73 Å². The second-order valence-corrected chi connectivity index (χ2v) is 10.2. The minimum atomic E-state index is -1.80. The largest absolute Gasteiger partial charge is 0.369 e. The van der Waals surface area contributed by atoms with Crippen molar-refractivity contribution in [1.82, 2.24) is 0 Å². The average Bonchev–Trinajstić information content (AvgIpc) is 2.01. The van der Waals surface area contributed by atoms with Crippen LogP contribution in [0.4, 0.5) is 0 Å². The third kappa shape index (κ3) is 3.16. The molecular formula is C10H14ClNOSi. The summed E-state index contributed by atoms with van der Waals surface area (Å²) in [6.07, 6.45) is 0.287. The molecule has 0 aliphatic carbocycles. The van der Waals surface area contributed by atoms with Crippen LogP contribution in [0.2, 0.25) is 13.1 Å². The highest BCUT2D eigenvalue weighted by molar-refractivity contribution is 7.26. The number of carbonyl (C=O) groups is 1. The van der Waals surface area contributed by atoms with E-state index in [2.05, 4.69) is 13.1 Å². The first-order chi connectivity index (χ1) is 6.39. The number of primary amides is 1. The highest BCUT2D eigenvalue weighted by Crippen LogP contribution is 2.09. The number of benzene rings is 1. The molecular weight excluding hydrogens is 214 g/mol. The Bertz CT molecular complexity index is 346. The van der Waals surface area contributed by atoms with Gasteiger partial charge in [0.2, 0.25) is 5.91 Å². The number of rotatable bonds is 3. The van der Waals surface area contributed by atoms with Crippen LogP contribution in [-0.2, 0) is 11.2 Å². The fourth-order valence-corrected chi connectivity index (χ4v) is 2.63. The van der Waals surface area contributed by atoms with Gasteiger partial charge in [0, 0.05) is 0 Å². The normalized spacial score (nSPS) is 11.4. The van der Waals surface area contributed by atoms with E-state index in [9.17, 15) is 4.79 Å². The Morgan fingerprint density at radius 1 is 1.50 bits per heavy atom. The van der Waals surface area contributed by atoms with E-state index >= 15 is 0 Å². The smallest absolute Gasteiger partial charge is 0.221 e. The molecule has 0 spiro atoms. The summed E-state index contributed by atoms with van der Waals surface area (Å²) in [5.74, 6) is -0.309. The molecule has 0 radical (unpaired) electrons. The summed E-state index contributed by atoms with van der Waals surface area (Å²) >= 11 is 6.29. The Balaban J connectivity index is 2.95. The van der Waals surface area contributed by atoms with Crippen LogP contribution >= 0.6 is 11.1 Å². The van der Waals surface area contributed by atoms with Crippen LogP contribution < -0.4 is 10.9 Å². The molecule has 1 amide bonds. The summed E-state index contributed by atoms with van der Waals surface area (Å²) < 4.78 is 0. The van der Waals surface area contributed by atoms with Crippen LogP contribution in [0.15, 0.2) is 24.3 Å². The summed E-state index contributed by atoms with van der Waals surface area (Å²) in [6, 6.07) is 7.80. The number of nitrogens with two attached hydrogens (primary N) is 1. The van der Waals surface area contributed by atoms with Crippen molar-refractivity contribution in [1.29, 1.82) is 0 Å². The van der Waals surface area contributed by atoms with Gasteiger partial charge < -0.3 is 5.73 Å². The van der Waals surface area contributed by atoms with Gasteiger partial charge in [0.15, 0.2) is 7.38 Å². The summed E-state index contributed by atoms with van der Waals surface area (Å²) in [7, 11) is -1.80. The lowest BCUT2D eigenvalue weighted by molar-refractivity contribution is -0.117. The predicted octanol–water partition coefficient (Wildman–Crippen LogP) is 1.37. The minimum absolute atomic E-state index is 0.287. The fraction of sp³-hybridized carbons (Fsp3) is 0.300. The van der Waals surface area contributed by atoms with Gasteiger partial charge in [0.25, 0.3) is 0 Å². The molecule has 0 unspecified atom stereocenters. The van der Waals surface area contributed by atoms with Crippen LogP contribution in [0.5, 0.6) is 0 Å². The standard InChI is InChI=1S/C10H14ClNOSi/c1-14(2,11)9-5-3-4-8(6-9)7-10(12)13/h3-6H,7H2,1-2H3,(H2,12,13). The monoisotopic (exact) mass is 227 g/mol. The van der Waals surface area contributed by atoms with E-state index in [1.54, 1.807) is 0 Å². The van der Waals surface area contributed by atoms with Crippen molar-refractivity contribution in [3.05, 3.63) is 29.8 Å². The molecule has 2 nitrogen and oxygen atoms in total. The molecule has 4 heteroatoms. The average molecular weight is 228 g/mol. The SMILES string of the molecule is C[Si](C)(Cl)c1cccc(CC(N)=O)c1. The number of hydrogen-bond donors (Lipinski definition) is 1. The van der Waals surface area contributed by atoms with E-state index in [0.717, 1.165) is 10.8 Å². The Labute approximate surface area is 89.8 Å². The van der Waals surface area contributed by atoms with E-state index in [1.165, 1.54) is 0 Å². The van der Waals surface area contributed by atoms with E-state index in [0.29, 0.717) is 0 Å². The van der Waals surface area contributed by atoms with Gasteiger partial charge in [0.05, 0.1) is 6.42 Å². The molecule has 0 heterocycles. The first kappa shape index (κ1) is 11.3. The number of hydrogen-bond acceptors (Lipinski definition) is 1. The maximum atomic E-state index is 10.7. The van der Waals surface area contributed by atoms with Crippen molar-refractivity contribution in [3.63, 3.8) is 0 Å². The zero-order valence-electron chi connectivity index (χ0n) is 8.38. The van der Waals surface area contributed by atoms with Gasteiger partial charge in [-0.05, 0) is 10.8 Å². The molecule has 0 aliphatic rings. The molecule has 1 aromatic carbocycles. The lowest BCUT2D eigenvalue weighted by Gasteiger charge is -2.14. The molecule has 0 aliphatic heterocycles. The van der Waals surface area contributed by atoms with Gasteiger partial charge in [-0.25, -0.2) is 0 Å². The molecule has 2 N–H and O–H groups in total. The van der Waals surface area contributed by atoms with Crippen molar-refractivity contribution < 1.29 is 4.79 Å². The summed E-state index contributed by atoms with van der Waals surface area (Å²) in [5.41, 5.74) is 6.06. The number of halogens is 1. The summed E-state index contributed by atoms with van der Waals surface area (Å²) in [5, 5.41) is 1.14. The molecule has 1 rings (SSSR count). The number of carbonyl (C=O) groups excluding carboxylic acids is 1. The number of amides is 1. The van der Waals surface area contributed by atoms with Gasteiger partial charge >= 0.3 is 0 Å². The Morgan fingerprint density at radius 3 is 2.64 bits per heavy atom. The first-order valence-corrected chi connectivity index (χ1v) is 8.47. The van der Waals surface area contributed by atoms with Crippen molar-refractivity contribution in [2.45, 2.75) is 19.5 Å². The quantitative estimate of drug-likeness (QED) is 0.615. The van der Waals surface area contributed by atoms with Gasteiger partial charge in [-0.15, -0.1) is 0 Å². The Morgan fingerprint density at radius 2 is 2.14 bits per heavy atom. The van der Waals surface area contributed by atoms with Gasteiger partial charge in [-0.3, -0.25) is 4.79 Å². The molecule has 1 aromatic rings. The third-order valence-electron chi connectivity index (χ3n) is 1.99. The predicted molar refractivity (Wildman–Crippen MR) is 62.3 cm³/mol. The van der Waals surface area contributed by atoms with Crippen LogP contribution in [0.25, 0.3) is 0 Å². The Kier molecular flexibility index (Phi) is 3.34. The lowest BCUT2D eigenvalue weighted by atomic mass is 10.1. The maximum Gasteiger partial charge on any atom is 0.221 e. The van der Waals surface area contributed by atoms with E-state index < -0.39 is 7.38 Å². The van der Waals surface area contributed by atoms with Gasteiger partial charge in [0.1, 0.15) is 0 Å². The zero-order valence-corrected chi connectivity index (χ0v) is 10.1. The zero-order chi connectivity index (χ0) is 10.8. The first-order valence-electron chi connectivity index (χ1n) is 4.46. The molecule has 0 atom stereocenters. The van der Waals surface area contributed by atoms with E-state index in [-0.39, 0.29) is 12.3 Å². The molecule has 14 heavy (non-hydrogen) atoms. The Hall–Kier alpha value is -0.803. The van der Waals surface area contributed by atoms with E-state index in [1.807, 2.05) is 24.3 Å². The maximum absolute atomic E-state index is 10.7. The molecule has 0 saturated carbocycles. The van der Waals surface area contributed by atoms with Crippen LogP contribution in [0.3, 0.4) is 0 Å².